The average Bonchev–Trinajstić information content (AvgIpc) is 3.65. The predicted molar refractivity (Wildman–Crippen MR) is 227 cm³/mol. The summed E-state index contributed by atoms with van der Waals surface area (Å²) in [6, 6.07) is 9.73. The van der Waals surface area contributed by atoms with Crippen LogP contribution in [0.3, 0.4) is 0 Å². The largest absolute Gasteiger partial charge is 0.368 e. The number of hydrogen-bond donors (Lipinski definition) is 11. The van der Waals surface area contributed by atoms with Gasteiger partial charge in [-0.2, -0.15) is 0 Å². The summed E-state index contributed by atoms with van der Waals surface area (Å²) in [5.41, 5.74) is 13.5. The highest BCUT2D eigenvalue weighted by molar-refractivity contribution is 5.98. The fourth-order valence-corrected chi connectivity index (χ4v) is 6.81. The van der Waals surface area contributed by atoms with Crippen LogP contribution in [0.1, 0.15) is 63.0 Å². The first-order valence-electron chi connectivity index (χ1n) is 20.6. The van der Waals surface area contributed by atoms with Crippen LogP contribution in [0.25, 0.3) is 10.9 Å². The minimum absolute atomic E-state index is 0.00564. The number of aromatic amines is 1. The van der Waals surface area contributed by atoms with Crippen LogP contribution in [0.15, 0.2) is 60.8 Å². The van der Waals surface area contributed by atoms with Crippen molar-refractivity contribution >= 4 is 64.1 Å². The Kier molecular flexibility index (Phi) is 18.9. The molecule has 1 saturated heterocycles. The van der Waals surface area contributed by atoms with E-state index in [0.717, 1.165) is 10.9 Å². The van der Waals surface area contributed by atoms with E-state index in [0.29, 0.717) is 43.4 Å². The van der Waals surface area contributed by atoms with Crippen molar-refractivity contribution in [1.29, 1.82) is 0 Å². The minimum Gasteiger partial charge on any atom is -0.368 e. The second-order valence-corrected chi connectivity index (χ2v) is 15.0. The zero-order chi connectivity index (χ0) is 45.0. The quantitative estimate of drug-likeness (QED) is 0.0885. The molecule has 334 valence electrons. The molecule has 13 N–H and O–H groups in total. The standard InChI is InChI=1S/C42H57N11O9/c1-25(54)46-23-36(56)50-34-21-35(55)45-18-10-8-15-30(38(44)58)51-41(61)33(20-27-22-47-29-14-6-5-13-28(27)29)49-37(57)24-48-39(59)32(19-26-11-3-2-4-12-26)53-40(60)31(52-42(34)62)16-7-9-17-43/h2-6,11-14,22,30-34,47H,7-10,15-21,23-24,43H2,1H3,(H2,44,58)(H,45,55)(H,46,54)(H,48,59)(H,49,57)(H,50,56)(H,51,61)(H,52,62)(H,53,60)/t30?,31-,32?,33-,34?/m0/s1. The number of benzene rings is 2. The van der Waals surface area contributed by atoms with Crippen molar-refractivity contribution in [3.63, 3.8) is 0 Å². The number of nitrogens with one attached hydrogen (secondary N) is 9. The van der Waals surface area contributed by atoms with E-state index in [9.17, 15) is 43.2 Å². The van der Waals surface area contributed by atoms with Gasteiger partial charge in [-0.05, 0) is 62.3 Å². The van der Waals surface area contributed by atoms with E-state index in [2.05, 4.69) is 47.5 Å². The molecule has 1 fully saturated rings. The number of hydrogen-bond acceptors (Lipinski definition) is 10. The van der Waals surface area contributed by atoms with Gasteiger partial charge >= 0.3 is 0 Å². The van der Waals surface area contributed by atoms with Crippen LogP contribution in [-0.4, -0.2) is 115 Å². The number of fused-ring (bicyclic) bond motifs is 1. The van der Waals surface area contributed by atoms with Gasteiger partial charge in [-0.25, -0.2) is 0 Å². The molecule has 20 nitrogen and oxygen atoms in total. The molecule has 0 radical (unpaired) electrons. The van der Waals surface area contributed by atoms with Crippen molar-refractivity contribution in [2.24, 2.45) is 11.5 Å². The maximum atomic E-state index is 14.0. The number of H-pyrrole nitrogens is 1. The van der Waals surface area contributed by atoms with Crippen molar-refractivity contribution in [2.75, 3.05) is 26.2 Å². The van der Waals surface area contributed by atoms with Crippen LogP contribution in [0.5, 0.6) is 0 Å². The molecule has 3 aromatic rings. The minimum atomic E-state index is -1.49. The van der Waals surface area contributed by atoms with E-state index < -0.39 is 103 Å². The maximum Gasteiger partial charge on any atom is 0.243 e. The predicted octanol–water partition coefficient (Wildman–Crippen LogP) is -2.07. The Morgan fingerprint density at radius 3 is 2.16 bits per heavy atom. The maximum absolute atomic E-state index is 14.0. The molecule has 0 saturated carbocycles. The molecule has 2 heterocycles. The van der Waals surface area contributed by atoms with Gasteiger partial charge in [0, 0.05) is 43.4 Å². The molecule has 4 rings (SSSR count). The summed E-state index contributed by atoms with van der Waals surface area (Å²) in [7, 11) is 0. The number of rotatable bonds is 12. The van der Waals surface area contributed by atoms with Gasteiger partial charge < -0.3 is 59.0 Å². The number of carbonyl (C=O) groups is 9. The molecule has 62 heavy (non-hydrogen) atoms. The van der Waals surface area contributed by atoms with E-state index in [-0.39, 0.29) is 32.2 Å². The lowest BCUT2D eigenvalue weighted by molar-refractivity contribution is -0.135. The molecule has 3 unspecified atom stereocenters. The molecule has 0 spiro atoms. The summed E-state index contributed by atoms with van der Waals surface area (Å²) in [5, 5.41) is 21.4. The molecule has 1 aliphatic heterocycles. The summed E-state index contributed by atoms with van der Waals surface area (Å²) < 4.78 is 0. The van der Waals surface area contributed by atoms with Crippen molar-refractivity contribution < 1.29 is 43.2 Å². The number of aromatic nitrogens is 1. The van der Waals surface area contributed by atoms with E-state index in [4.69, 9.17) is 11.5 Å². The molecule has 5 atom stereocenters. The summed E-state index contributed by atoms with van der Waals surface area (Å²) in [5.74, 6) is -6.59. The van der Waals surface area contributed by atoms with Gasteiger partial charge in [-0.15, -0.1) is 0 Å². The van der Waals surface area contributed by atoms with E-state index in [1.165, 1.54) is 6.92 Å². The van der Waals surface area contributed by atoms with Crippen LogP contribution in [0.4, 0.5) is 0 Å². The van der Waals surface area contributed by atoms with Gasteiger partial charge in [0.15, 0.2) is 0 Å². The topological polar surface area (TPSA) is 318 Å². The second kappa shape index (κ2) is 24.4. The Labute approximate surface area is 358 Å². The van der Waals surface area contributed by atoms with Crippen LogP contribution < -0.4 is 54.0 Å². The fraction of sp³-hybridized carbons (Fsp3) is 0.452. The molecule has 0 aliphatic carbocycles. The lowest BCUT2D eigenvalue weighted by Crippen LogP contribution is -2.58. The van der Waals surface area contributed by atoms with Crippen molar-refractivity contribution in [2.45, 2.75) is 94.9 Å². The molecule has 1 aliphatic rings. The number of unbranched alkanes of at least 4 members (excludes halogenated alkanes) is 1. The van der Waals surface area contributed by atoms with Gasteiger partial charge in [-0.1, -0.05) is 48.5 Å². The Morgan fingerprint density at radius 1 is 0.742 bits per heavy atom. The van der Waals surface area contributed by atoms with Crippen LogP contribution in [-0.2, 0) is 56.0 Å². The van der Waals surface area contributed by atoms with Gasteiger partial charge in [0.25, 0.3) is 0 Å². The highest BCUT2D eigenvalue weighted by Gasteiger charge is 2.32. The average molecular weight is 860 g/mol. The third kappa shape index (κ3) is 15.6. The number of nitrogens with two attached hydrogens (primary N) is 2. The van der Waals surface area contributed by atoms with Gasteiger partial charge in [0.1, 0.15) is 30.2 Å². The lowest BCUT2D eigenvalue weighted by Gasteiger charge is -2.25. The molecular formula is C42H57N11O9. The molecule has 2 aromatic carbocycles. The van der Waals surface area contributed by atoms with Gasteiger partial charge in [0.2, 0.25) is 53.2 Å². The first-order chi connectivity index (χ1) is 29.7. The van der Waals surface area contributed by atoms with E-state index >= 15 is 0 Å². The lowest BCUT2D eigenvalue weighted by atomic mass is 10.0. The van der Waals surface area contributed by atoms with Crippen LogP contribution in [0.2, 0.25) is 0 Å². The summed E-state index contributed by atoms with van der Waals surface area (Å²) in [4.78, 5) is 122. The number of primary amides is 1. The summed E-state index contributed by atoms with van der Waals surface area (Å²) in [6.45, 7) is 0.482. The first-order valence-corrected chi connectivity index (χ1v) is 20.6. The number of carbonyl (C=O) groups excluding carboxylic acids is 9. The van der Waals surface area contributed by atoms with Crippen molar-refractivity contribution in [3.8, 4) is 0 Å². The highest BCUT2D eigenvalue weighted by atomic mass is 16.2. The number of para-hydroxylation sites is 1. The van der Waals surface area contributed by atoms with Crippen molar-refractivity contribution in [3.05, 3.63) is 71.9 Å². The van der Waals surface area contributed by atoms with Crippen LogP contribution in [0, 0.1) is 0 Å². The van der Waals surface area contributed by atoms with Gasteiger partial charge in [-0.3, -0.25) is 43.2 Å². The summed E-state index contributed by atoms with van der Waals surface area (Å²) >= 11 is 0. The molecule has 20 heteroatoms. The molecule has 0 bridgehead atoms. The molecular weight excluding hydrogens is 803 g/mol. The molecule has 9 amide bonds. The monoisotopic (exact) mass is 859 g/mol. The van der Waals surface area contributed by atoms with Crippen LogP contribution >= 0.6 is 0 Å². The summed E-state index contributed by atoms with van der Waals surface area (Å²) in [6.07, 6.45) is 2.79. The van der Waals surface area contributed by atoms with E-state index in [1.807, 2.05) is 24.3 Å². The zero-order valence-electron chi connectivity index (χ0n) is 34.7. The Hall–Kier alpha value is -6.83. The third-order valence-corrected chi connectivity index (χ3v) is 10.1. The van der Waals surface area contributed by atoms with Gasteiger partial charge in [0.05, 0.1) is 19.5 Å². The first kappa shape index (κ1) is 47.8. The third-order valence-electron chi connectivity index (χ3n) is 10.1. The van der Waals surface area contributed by atoms with Crippen molar-refractivity contribution in [1.82, 2.24) is 47.5 Å². The molecule has 1 aromatic heterocycles. The zero-order valence-corrected chi connectivity index (χ0v) is 34.7. The highest BCUT2D eigenvalue weighted by Crippen LogP contribution is 2.19. The SMILES string of the molecule is CC(=O)NCC(=O)NC1CC(=O)NCCCCC(C(N)=O)NC(=O)[C@H](Cc2c[nH]c3ccccc23)NC(=O)CNC(=O)C(Cc2ccccc2)NC(=O)[C@H](CCCCN)NC1=O. The smallest absolute Gasteiger partial charge is 0.243 e. The normalized spacial score (nSPS) is 21.5. The number of amides is 9. The fourth-order valence-electron chi connectivity index (χ4n) is 6.81. The Bertz CT molecular complexity index is 2060. The second-order valence-electron chi connectivity index (χ2n) is 15.0. The Morgan fingerprint density at radius 2 is 1.44 bits per heavy atom. The Balaban J connectivity index is 1.65. The van der Waals surface area contributed by atoms with E-state index in [1.54, 1.807) is 36.5 Å².